The van der Waals surface area contributed by atoms with Gasteiger partial charge < -0.3 is 10.6 Å². The highest BCUT2D eigenvalue weighted by molar-refractivity contribution is 5.76. The SMILES string of the molecule is CNC(=O)CC(C)NC1CCCC1. The first-order valence-electron chi connectivity index (χ1n) is 5.19. The van der Waals surface area contributed by atoms with Crippen molar-refractivity contribution in [2.75, 3.05) is 7.05 Å². The van der Waals surface area contributed by atoms with Crippen LogP contribution in [0.25, 0.3) is 0 Å². The molecular weight excluding hydrogens is 164 g/mol. The lowest BCUT2D eigenvalue weighted by atomic mass is 10.1. The highest BCUT2D eigenvalue weighted by atomic mass is 16.1. The Balaban J connectivity index is 2.16. The molecule has 2 N–H and O–H groups in total. The fraction of sp³-hybridized carbons (Fsp3) is 0.900. The normalized spacial score (nSPS) is 20.2. The lowest BCUT2D eigenvalue weighted by Gasteiger charge is -2.18. The predicted octanol–water partition coefficient (Wildman–Crippen LogP) is 1.04. The quantitative estimate of drug-likeness (QED) is 0.685. The summed E-state index contributed by atoms with van der Waals surface area (Å²) in [6.07, 6.45) is 5.82. The molecule has 0 aromatic rings. The predicted molar refractivity (Wildman–Crippen MR) is 53.5 cm³/mol. The summed E-state index contributed by atoms with van der Waals surface area (Å²) in [4.78, 5) is 11.0. The largest absolute Gasteiger partial charge is 0.359 e. The second-order valence-electron chi connectivity index (χ2n) is 3.93. The molecule has 13 heavy (non-hydrogen) atoms. The van der Waals surface area contributed by atoms with Crippen molar-refractivity contribution < 1.29 is 4.79 Å². The van der Waals surface area contributed by atoms with Gasteiger partial charge >= 0.3 is 0 Å². The molecule has 76 valence electrons. The maximum absolute atomic E-state index is 11.0. The fourth-order valence-corrected chi connectivity index (χ4v) is 1.93. The van der Waals surface area contributed by atoms with Crippen molar-refractivity contribution in [3.8, 4) is 0 Å². The molecule has 0 aromatic heterocycles. The minimum Gasteiger partial charge on any atom is -0.359 e. The number of hydrogen-bond donors (Lipinski definition) is 2. The highest BCUT2D eigenvalue weighted by Gasteiger charge is 2.17. The Labute approximate surface area is 80.3 Å². The number of nitrogens with one attached hydrogen (secondary N) is 2. The van der Waals surface area contributed by atoms with Crippen molar-refractivity contribution >= 4 is 5.91 Å². The van der Waals surface area contributed by atoms with Crippen LogP contribution in [0.1, 0.15) is 39.0 Å². The molecule has 3 nitrogen and oxygen atoms in total. The van der Waals surface area contributed by atoms with Gasteiger partial charge in [-0.3, -0.25) is 4.79 Å². The third-order valence-electron chi connectivity index (χ3n) is 2.65. The zero-order valence-electron chi connectivity index (χ0n) is 8.60. The summed E-state index contributed by atoms with van der Waals surface area (Å²) in [5.74, 6) is 0.123. The standard InChI is InChI=1S/C10H20N2O/c1-8(7-10(13)11-2)12-9-5-3-4-6-9/h8-9,12H,3-7H2,1-2H3,(H,11,13). The summed E-state index contributed by atoms with van der Waals surface area (Å²) in [7, 11) is 1.69. The van der Waals surface area contributed by atoms with Gasteiger partial charge in [0.2, 0.25) is 5.91 Å². The maximum atomic E-state index is 11.0. The van der Waals surface area contributed by atoms with Gasteiger partial charge in [0.25, 0.3) is 0 Å². The van der Waals surface area contributed by atoms with E-state index in [1.807, 2.05) is 0 Å². The van der Waals surface area contributed by atoms with E-state index < -0.39 is 0 Å². The lowest BCUT2D eigenvalue weighted by Crippen LogP contribution is -2.37. The molecule has 0 saturated heterocycles. The molecule has 1 fully saturated rings. The third-order valence-corrected chi connectivity index (χ3v) is 2.65. The van der Waals surface area contributed by atoms with Gasteiger partial charge in [0.05, 0.1) is 0 Å². The van der Waals surface area contributed by atoms with Crippen LogP contribution in [-0.2, 0) is 4.79 Å². The van der Waals surface area contributed by atoms with Gasteiger partial charge in [0, 0.05) is 25.6 Å². The molecule has 0 aliphatic heterocycles. The van der Waals surface area contributed by atoms with Crippen LogP contribution in [0.15, 0.2) is 0 Å². The van der Waals surface area contributed by atoms with E-state index in [4.69, 9.17) is 0 Å². The van der Waals surface area contributed by atoms with Crippen LogP contribution in [0.5, 0.6) is 0 Å². The van der Waals surface area contributed by atoms with Crippen LogP contribution in [0.2, 0.25) is 0 Å². The van der Waals surface area contributed by atoms with Crippen LogP contribution in [0.4, 0.5) is 0 Å². The lowest BCUT2D eigenvalue weighted by molar-refractivity contribution is -0.121. The van der Waals surface area contributed by atoms with E-state index in [1.165, 1.54) is 25.7 Å². The average molecular weight is 184 g/mol. The van der Waals surface area contributed by atoms with Crippen LogP contribution in [0, 0.1) is 0 Å². The first-order valence-corrected chi connectivity index (χ1v) is 5.19. The highest BCUT2D eigenvalue weighted by Crippen LogP contribution is 2.18. The first-order chi connectivity index (χ1) is 6.22. The molecule has 0 radical (unpaired) electrons. The van der Waals surface area contributed by atoms with Gasteiger partial charge in [-0.2, -0.15) is 0 Å². The van der Waals surface area contributed by atoms with Crippen molar-refractivity contribution in [3.05, 3.63) is 0 Å². The van der Waals surface area contributed by atoms with E-state index in [1.54, 1.807) is 7.05 Å². The summed E-state index contributed by atoms with van der Waals surface area (Å²) in [5.41, 5.74) is 0. The second-order valence-corrected chi connectivity index (χ2v) is 3.93. The number of amides is 1. The first kappa shape index (κ1) is 10.5. The smallest absolute Gasteiger partial charge is 0.221 e. The number of carbonyl (C=O) groups is 1. The summed E-state index contributed by atoms with van der Waals surface area (Å²) in [6.45, 7) is 2.08. The molecule has 0 heterocycles. The monoisotopic (exact) mass is 184 g/mol. The number of rotatable bonds is 4. The van der Waals surface area contributed by atoms with Crippen molar-refractivity contribution in [2.45, 2.75) is 51.1 Å². The maximum Gasteiger partial charge on any atom is 0.221 e. The Bertz CT molecular complexity index is 164. The van der Waals surface area contributed by atoms with Crippen LogP contribution in [-0.4, -0.2) is 25.0 Å². The van der Waals surface area contributed by atoms with E-state index in [0.717, 1.165) is 0 Å². The molecule has 1 aliphatic rings. The van der Waals surface area contributed by atoms with E-state index in [0.29, 0.717) is 18.5 Å². The third kappa shape index (κ3) is 3.77. The Kier molecular flexibility index (Phi) is 4.22. The second kappa shape index (κ2) is 5.22. The van der Waals surface area contributed by atoms with Gasteiger partial charge in [0.15, 0.2) is 0 Å². The number of hydrogen-bond acceptors (Lipinski definition) is 2. The Morgan fingerprint density at radius 1 is 1.46 bits per heavy atom. The van der Waals surface area contributed by atoms with E-state index >= 15 is 0 Å². The van der Waals surface area contributed by atoms with E-state index in [2.05, 4.69) is 17.6 Å². The van der Waals surface area contributed by atoms with E-state index in [9.17, 15) is 4.79 Å². The van der Waals surface area contributed by atoms with Gasteiger partial charge in [0.1, 0.15) is 0 Å². The van der Waals surface area contributed by atoms with Crippen molar-refractivity contribution in [1.29, 1.82) is 0 Å². The summed E-state index contributed by atoms with van der Waals surface area (Å²) in [6, 6.07) is 0.961. The Morgan fingerprint density at radius 2 is 2.08 bits per heavy atom. The molecule has 1 amide bonds. The molecule has 1 aliphatic carbocycles. The molecule has 3 heteroatoms. The molecule has 0 aromatic carbocycles. The van der Waals surface area contributed by atoms with Crippen LogP contribution in [0.3, 0.4) is 0 Å². The van der Waals surface area contributed by atoms with Crippen molar-refractivity contribution in [1.82, 2.24) is 10.6 Å². The molecule has 1 unspecified atom stereocenters. The fourth-order valence-electron chi connectivity index (χ4n) is 1.93. The molecular formula is C10H20N2O. The zero-order valence-corrected chi connectivity index (χ0v) is 8.60. The Morgan fingerprint density at radius 3 is 2.62 bits per heavy atom. The van der Waals surface area contributed by atoms with Gasteiger partial charge in [-0.15, -0.1) is 0 Å². The minimum absolute atomic E-state index is 0.123. The summed E-state index contributed by atoms with van der Waals surface area (Å²) < 4.78 is 0. The molecule has 0 spiro atoms. The summed E-state index contributed by atoms with van der Waals surface area (Å²) in [5, 5.41) is 6.13. The minimum atomic E-state index is 0.123. The molecule has 1 saturated carbocycles. The molecule has 1 rings (SSSR count). The van der Waals surface area contributed by atoms with Crippen molar-refractivity contribution in [2.24, 2.45) is 0 Å². The zero-order chi connectivity index (χ0) is 9.68. The molecule has 0 bridgehead atoms. The van der Waals surface area contributed by atoms with Crippen molar-refractivity contribution in [3.63, 3.8) is 0 Å². The Hall–Kier alpha value is -0.570. The van der Waals surface area contributed by atoms with Gasteiger partial charge in [-0.05, 0) is 19.8 Å². The molecule has 1 atom stereocenters. The van der Waals surface area contributed by atoms with E-state index in [-0.39, 0.29) is 5.91 Å². The topological polar surface area (TPSA) is 41.1 Å². The number of carbonyl (C=O) groups excluding carboxylic acids is 1. The van der Waals surface area contributed by atoms with Crippen LogP contribution < -0.4 is 10.6 Å². The average Bonchev–Trinajstić information content (AvgIpc) is 2.56. The van der Waals surface area contributed by atoms with Crippen LogP contribution >= 0.6 is 0 Å². The summed E-state index contributed by atoms with van der Waals surface area (Å²) >= 11 is 0. The van der Waals surface area contributed by atoms with Gasteiger partial charge in [-0.25, -0.2) is 0 Å². The van der Waals surface area contributed by atoms with Gasteiger partial charge in [-0.1, -0.05) is 12.8 Å².